The third kappa shape index (κ3) is 8.34. The van der Waals surface area contributed by atoms with Crippen molar-refractivity contribution >= 4 is 8.07 Å². The van der Waals surface area contributed by atoms with Gasteiger partial charge in [-0.05, 0) is 19.8 Å². The van der Waals surface area contributed by atoms with E-state index in [1.807, 2.05) is 6.92 Å². The van der Waals surface area contributed by atoms with Gasteiger partial charge in [-0.25, -0.2) is 0 Å². The second-order valence-electron chi connectivity index (χ2n) is 5.23. The van der Waals surface area contributed by atoms with Gasteiger partial charge in [-0.1, -0.05) is 45.3 Å². The first-order valence-corrected chi connectivity index (χ1v) is 9.03. The molecule has 0 radical (unpaired) electrons. The molecule has 0 spiro atoms. The van der Waals surface area contributed by atoms with Crippen LogP contribution in [-0.2, 0) is 0 Å². The van der Waals surface area contributed by atoms with Crippen molar-refractivity contribution in [2.24, 2.45) is 0 Å². The molecule has 0 aliphatic heterocycles. The highest BCUT2D eigenvalue weighted by molar-refractivity contribution is 6.83. The second-order valence-corrected chi connectivity index (χ2v) is 9.98. The molecule has 1 N–H and O–H groups in total. The number of unbranched alkanes of at least 4 members (excludes halogenated alkanes) is 2. The number of rotatable bonds is 4. The van der Waals surface area contributed by atoms with Crippen molar-refractivity contribution in [3.63, 3.8) is 0 Å². The Morgan fingerprint density at radius 1 is 1.21 bits per heavy atom. The van der Waals surface area contributed by atoms with Crippen LogP contribution in [0.2, 0.25) is 19.6 Å². The van der Waals surface area contributed by atoms with E-state index in [2.05, 4.69) is 38.0 Å². The first-order chi connectivity index (χ1) is 6.27. The summed E-state index contributed by atoms with van der Waals surface area (Å²) in [7, 11) is -1.34. The molecule has 1 nitrogen and oxygen atoms in total. The molecule has 0 fully saturated rings. The molecule has 0 saturated heterocycles. The Morgan fingerprint density at radius 2 is 1.79 bits per heavy atom. The van der Waals surface area contributed by atoms with Crippen LogP contribution in [0.25, 0.3) is 0 Å². The predicted molar refractivity (Wildman–Crippen MR) is 65.9 cm³/mol. The number of hydrogen-bond acceptors (Lipinski definition) is 1. The quantitative estimate of drug-likeness (QED) is 0.431. The lowest BCUT2D eigenvalue weighted by atomic mass is 10.00. The summed E-state index contributed by atoms with van der Waals surface area (Å²) in [4.78, 5) is 0. The molecule has 1 unspecified atom stereocenters. The molecule has 0 aromatic carbocycles. The third-order valence-corrected chi connectivity index (χ3v) is 2.85. The summed E-state index contributed by atoms with van der Waals surface area (Å²) in [5.74, 6) is 3.03. The summed E-state index contributed by atoms with van der Waals surface area (Å²) in [5, 5.41) is 9.95. The molecule has 0 aromatic heterocycles. The molecule has 0 aliphatic carbocycles. The fourth-order valence-corrected chi connectivity index (χ4v) is 1.75. The molecule has 14 heavy (non-hydrogen) atoms. The standard InChI is InChI=1S/C12H24OSi/c1-6-7-8-9-12(2,13)10-11-14(3,4)5/h13H,6-9H2,1-5H3. The lowest BCUT2D eigenvalue weighted by molar-refractivity contribution is 0.109. The van der Waals surface area contributed by atoms with Crippen molar-refractivity contribution in [2.45, 2.75) is 64.8 Å². The Bertz CT molecular complexity index is 215. The van der Waals surface area contributed by atoms with Crippen LogP contribution in [0.3, 0.4) is 0 Å². The van der Waals surface area contributed by atoms with Crippen molar-refractivity contribution in [1.29, 1.82) is 0 Å². The smallest absolute Gasteiger partial charge is 0.129 e. The summed E-state index contributed by atoms with van der Waals surface area (Å²) < 4.78 is 0. The van der Waals surface area contributed by atoms with Gasteiger partial charge >= 0.3 is 0 Å². The van der Waals surface area contributed by atoms with E-state index in [1.165, 1.54) is 12.8 Å². The zero-order valence-corrected chi connectivity index (χ0v) is 11.3. The minimum atomic E-state index is -1.34. The van der Waals surface area contributed by atoms with Gasteiger partial charge in [-0.2, -0.15) is 0 Å². The Balaban J connectivity index is 4.10. The summed E-state index contributed by atoms with van der Waals surface area (Å²) in [6.07, 6.45) is 4.25. The van der Waals surface area contributed by atoms with E-state index in [0.29, 0.717) is 0 Å². The van der Waals surface area contributed by atoms with Gasteiger partial charge < -0.3 is 5.11 Å². The average molecular weight is 212 g/mol. The molecule has 0 bridgehead atoms. The lowest BCUT2D eigenvalue weighted by Crippen LogP contribution is -2.24. The van der Waals surface area contributed by atoms with Crippen LogP contribution >= 0.6 is 0 Å². The van der Waals surface area contributed by atoms with Gasteiger partial charge in [-0.15, -0.1) is 5.54 Å². The predicted octanol–water partition coefficient (Wildman–Crippen LogP) is 3.20. The maximum absolute atomic E-state index is 9.95. The van der Waals surface area contributed by atoms with Crippen molar-refractivity contribution in [3.05, 3.63) is 0 Å². The molecule has 0 amide bonds. The van der Waals surface area contributed by atoms with Gasteiger partial charge in [0, 0.05) is 0 Å². The molecule has 1 atom stereocenters. The Hall–Kier alpha value is -0.263. The summed E-state index contributed by atoms with van der Waals surface area (Å²) >= 11 is 0. The highest BCUT2D eigenvalue weighted by Gasteiger charge is 2.17. The maximum atomic E-state index is 9.95. The van der Waals surface area contributed by atoms with E-state index in [1.54, 1.807) is 0 Å². The molecule has 0 saturated carbocycles. The van der Waals surface area contributed by atoms with E-state index in [4.69, 9.17) is 0 Å². The van der Waals surface area contributed by atoms with Gasteiger partial charge in [0.15, 0.2) is 0 Å². The molecule has 2 heteroatoms. The molecule has 0 rings (SSSR count). The monoisotopic (exact) mass is 212 g/mol. The SMILES string of the molecule is CCCCCC(C)(O)C#C[Si](C)(C)C. The molecular weight excluding hydrogens is 188 g/mol. The first kappa shape index (κ1) is 13.7. The van der Waals surface area contributed by atoms with Gasteiger partial charge in [-0.3, -0.25) is 0 Å². The van der Waals surface area contributed by atoms with Crippen LogP contribution in [0.15, 0.2) is 0 Å². The van der Waals surface area contributed by atoms with Crippen LogP contribution in [0.5, 0.6) is 0 Å². The zero-order valence-electron chi connectivity index (χ0n) is 10.3. The number of hydrogen-bond donors (Lipinski definition) is 1. The fourth-order valence-electron chi connectivity index (χ4n) is 1.10. The van der Waals surface area contributed by atoms with Gasteiger partial charge in [0.05, 0.1) is 0 Å². The summed E-state index contributed by atoms with van der Waals surface area (Å²) in [5.41, 5.74) is 2.46. The van der Waals surface area contributed by atoms with Crippen molar-refractivity contribution in [3.8, 4) is 11.5 Å². The van der Waals surface area contributed by atoms with Crippen LogP contribution in [0, 0.1) is 11.5 Å². The zero-order chi connectivity index (χ0) is 11.2. The first-order valence-electron chi connectivity index (χ1n) is 5.53. The fraction of sp³-hybridized carbons (Fsp3) is 0.833. The van der Waals surface area contributed by atoms with Gasteiger partial charge in [0.1, 0.15) is 13.7 Å². The minimum Gasteiger partial charge on any atom is -0.378 e. The van der Waals surface area contributed by atoms with E-state index >= 15 is 0 Å². The second kappa shape index (κ2) is 5.58. The third-order valence-electron chi connectivity index (χ3n) is 1.97. The molecule has 0 aromatic rings. The lowest BCUT2D eigenvalue weighted by Gasteiger charge is -2.17. The van der Waals surface area contributed by atoms with E-state index in [0.717, 1.165) is 12.8 Å². The van der Waals surface area contributed by atoms with Crippen molar-refractivity contribution < 1.29 is 5.11 Å². The highest BCUT2D eigenvalue weighted by atomic mass is 28.3. The molecule has 82 valence electrons. The summed E-state index contributed by atoms with van der Waals surface area (Å²) in [6, 6.07) is 0. The minimum absolute atomic E-state index is 0.768. The maximum Gasteiger partial charge on any atom is 0.129 e. The van der Waals surface area contributed by atoms with Crippen LogP contribution in [-0.4, -0.2) is 18.8 Å². The van der Waals surface area contributed by atoms with Gasteiger partial charge in [0.2, 0.25) is 0 Å². The Morgan fingerprint density at radius 3 is 2.21 bits per heavy atom. The number of aliphatic hydroxyl groups is 1. The van der Waals surface area contributed by atoms with Crippen LogP contribution in [0.4, 0.5) is 0 Å². The average Bonchev–Trinajstić information content (AvgIpc) is 2.00. The van der Waals surface area contributed by atoms with Crippen molar-refractivity contribution in [1.82, 2.24) is 0 Å². The van der Waals surface area contributed by atoms with E-state index in [9.17, 15) is 5.11 Å². The summed E-state index contributed by atoms with van der Waals surface area (Å²) in [6.45, 7) is 10.6. The Labute approximate surface area is 89.9 Å². The molecule has 0 aliphatic rings. The topological polar surface area (TPSA) is 20.2 Å². The molecule has 0 heterocycles. The highest BCUT2D eigenvalue weighted by Crippen LogP contribution is 2.13. The van der Waals surface area contributed by atoms with Crippen LogP contribution < -0.4 is 0 Å². The molecular formula is C12H24OSi. The van der Waals surface area contributed by atoms with E-state index < -0.39 is 13.7 Å². The Kier molecular flexibility index (Phi) is 5.47. The largest absolute Gasteiger partial charge is 0.378 e. The normalized spacial score (nSPS) is 15.6. The van der Waals surface area contributed by atoms with Crippen LogP contribution in [0.1, 0.15) is 39.5 Å². The van der Waals surface area contributed by atoms with E-state index in [-0.39, 0.29) is 0 Å². The van der Waals surface area contributed by atoms with Gasteiger partial charge in [0.25, 0.3) is 0 Å². The van der Waals surface area contributed by atoms with Crippen molar-refractivity contribution in [2.75, 3.05) is 0 Å².